The zero-order chi connectivity index (χ0) is 33.0. The van der Waals surface area contributed by atoms with E-state index in [-0.39, 0.29) is 63.4 Å². The predicted octanol–water partition coefficient (Wildman–Crippen LogP) is 4.62. The van der Waals surface area contributed by atoms with Crippen molar-refractivity contribution in [2.45, 2.75) is 75.7 Å². The summed E-state index contributed by atoms with van der Waals surface area (Å²) in [5.74, 6) is -1.14. The van der Waals surface area contributed by atoms with E-state index < -0.39 is 17.8 Å². The van der Waals surface area contributed by atoms with Crippen LogP contribution in [0.1, 0.15) is 84.1 Å². The van der Waals surface area contributed by atoms with Crippen LogP contribution < -0.4 is 27.0 Å². The Morgan fingerprint density at radius 3 is 2.37 bits per heavy atom. The molecule has 0 spiro atoms. The average Bonchev–Trinajstić information content (AvgIpc) is 3.60. The molecule has 0 atom stereocenters. The summed E-state index contributed by atoms with van der Waals surface area (Å²) in [6.07, 6.45) is 4.37. The molecule has 16 heteroatoms. The van der Waals surface area contributed by atoms with Crippen LogP contribution >= 0.6 is 11.6 Å². The molecule has 1 aromatic carbocycles. The van der Waals surface area contributed by atoms with Gasteiger partial charge in [0.2, 0.25) is 0 Å². The zero-order valence-corrected chi connectivity index (χ0v) is 26.0. The summed E-state index contributed by atoms with van der Waals surface area (Å²) < 4.78 is 43.7. The standard InChI is InChI=1S/C30H37ClF3N9O3/c1-42-24(22-16-43(20-7-8-20)41-25(22)30(32,33)34)15-38-26(42)28(45)39-18-6-9-21(23(31)14-18)27(44)36-10-4-2-3-5-11-37-29(46)40-19-12-17(35)13-19/h6,9,14-17,19-20H,2-5,7-8,10-13,35H2,1H3,(H,36,44)(H,39,45)(H2,37,40,46). The van der Waals surface area contributed by atoms with Crippen LogP contribution in [0.4, 0.5) is 23.7 Å². The second kappa shape index (κ2) is 14.1. The van der Waals surface area contributed by atoms with Gasteiger partial charge in [0.1, 0.15) is 0 Å². The molecule has 2 heterocycles. The van der Waals surface area contributed by atoms with E-state index in [1.165, 1.54) is 46.9 Å². The maximum Gasteiger partial charge on any atom is 0.435 e. The number of imidazole rings is 1. The van der Waals surface area contributed by atoms with E-state index >= 15 is 0 Å². The van der Waals surface area contributed by atoms with Crippen molar-refractivity contribution in [1.29, 1.82) is 0 Å². The number of urea groups is 1. The van der Waals surface area contributed by atoms with Gasteiger partial charge in [0, 0.05) is 44.1 Å². The van der Waals surface area contributed by atoms with Crippen molar-refractivity contribution in [3.05, 3.63) is 52.7 Å². The van der Waals surface area contributed by atoms with Crippen LogP contribution in [0.15, 0.2) is 30.6 Å². The van der Waals surface area contributed by atoms with Crippen molar-refractivity contribution in [1.82, 2.24) is 35.3 Å². The van der Waals surface area contributed by atoms with Crippen molar-refractivity contribution in [3.63, 3.8) is 0 Å². The topological polar surface area (TPSA) is 161 Å². The first-order valence-corrected chi connectivity index (χ1v) is 15.7. The van der Waals surface area contributed by atoms with Crippen molar-refractivity contribution >= 4 is 35.1 Å². The summed E-state index contributed by atoms with van der Waals surface area (Å²) in [4.78, 5) is 41.5. The molecule has 2 saturated carbocycles. The third-order valence-corrected chi connectivity index (χ3v) is 8.36. The van der Waals surface area contributed by atoms with Gasteiger partial charge in [0.05, 0.1) is 34.1 Å². The van der Waals surface area contributed by atoms with Crippen LogP contribution in [-0.4, -0.2) is 62.4 Å². The highest BCUT2D eigenvalue weighted by Gasteiger charge is 2.40. The van der Waals surface area contributed by atoms with E-state index in [2.05, 4.69) is 31.3 Å². The lowest BCUT2D eigenvalue weighted by Crippen LogP contribution is -2.52. The number of halogens is 4. The molecule has 0 saturated heterocycles. The normalized spacial score (nSPS) is 17.7. The number of hydrogen-bond acceptors (Lipinski definition) is 6. The van der Waals surface area contributed by atoms with Crippen molar-refractivity contribution < 1.29 is 27.6 Å². The molecule has 0 radical (unpaired) electrons. The number of carbonyl (C=O) groups is 3. The maximum atomic E-state index is 13.7. The number of amides is 4. The zero-order valence-electron chi connectivity index (χ0n) is 25.3. The Hall–Kier alpha value is -4.11. The Bertz CT molecular complexity index is 1580. The number of nitrogens with two attached hydrogens (primary N) is 1. The summed E-state index contributed by atoms with van der Waals surface area (Å²) >= 11 is 6.34. The number of nitrogens with zero attached hydrogens (tertiary/aromatic N) is 4. The molecule has 0 unspecified atom stereocenters. The number of nitrogens with one attached hydrogen (secondary N) is 4. The van der Waals surface area contributed by atoms with Crippen molar-refractivity contribution in [2.24, 2.45) is 12.8 Å². The number of benzene rings is 1. The first-order valence-electron chi connectivity index (χ1n) is 15.3. The minimum absolute atomic E-state index is 0.0578. The van der Waals surface area contributed by atoms with Crippen LogP contribution in [0.25, 0.3) is 11.3 Å². The van der Waals surface area contributed by atoms with E-state index in [0.717, 1.165) is 51.4 Å². The summed E-state index contributed by atoms with van der Waals surface area (Å²) in [6, 6.07) is 4.52. The molecule has 3 aromatic rings. The molecule has 6 N–H and O–H groups in total. The largest absolute Gasteiger partial charge is 0.435 e. The minimum atomic E-state index is -4.67. The van der Waals surface area contributed by atoms with Gasteiger partial charge >= 0.3 is 12.2 Å². The number of unbranched alkanes of at least 4 members (excludes halogenated alkanes) is 3. The van der Waals surface area contributed by atoms with Gasteiger partial charge in [-0.2, -0.15) is 18.3 Å². The number of anilines is 1. The Morgan fingerprint density at radius 1 is 1.04 bits per heavy atom. The molecule has 0 aliphatic heterocycles. The lowest BCUT2D eigenvalue weighted by atomic mass is 9.88. The monoisotopic (exact) mass is 663 g/mol. The first kappa shape index (κ1) is 33.3. The molecular formula is C30H37ClF3N9O3. The quantitative estimate of drug-likeness (QED) is 0.168. The van der Waals surface area contributed by atoms with Gasteiger partial charge in [-0.15, -0.1) is 0 Å². The van der Waals surface area contributed by atoms with Crippen LogP contribution in [0, 0.1) is 0 Å². The van der Waals surface area contributed by atoms with Gasteiger partial charge in [0.15, 0.2) is 11.5 Å². The van der Waals surface area contributed by atoms with Gasteiger partial charge < -0.3 is 31.6 Å². The molecule has 5 rings (SSSR count). The van der Waals surface area contributed by atoms with Crippen LogP contribution in [0.3, 0.4) is 0 Å². The van der Waals surface area contributed by atoms with E-state index in [4.69, 9.17) is 17.3 Å². The van der Waals surface area contributed by atoms with E-state index in [1.54, 1.807) is 0 Å². The number of alkyl halides is 3. The molecule has 2 aliphatic rings. The Morgan fingerprint density at radius 2 is 1.74 bits per heavy atom. The highest BCUT2D eigenvalue weighted by Crippen LogP contribution is 2.41. The van der Waals surface area contributed by atoms with Crippen LogP contribution in [0.2, 0.25) is 5.02 Å². The Labute approximate surface area is 268 Å². The summed E-state index contributed by atoms with van der Waals surface area (Å²) in [7, 11) is 1.45. The number of aromatic nitrogens is 4. The van der Waals surface area contributed by atoms with Crippen molar-refractivity contribution in [2.75, 3.05) is 18.4 Å². The molecule has 0 bridgehead atoms. The van der Waals surface area contributed by atoms with Crippen molar-refractivity contribution in [3.8, 4) is 11.3 Å². The van der Waals surface area contributed by atoms with Crippen LogP contribution in [0.5, 0.6) is 0 Å². The van der Waals surface area contributed by atoms with Crippen LogP contribution in [-0.2, 0) is 13.2 Å². The van der Waals surface area contributed by atoms with Gasteiger partial charge in [-0.3, -0.25) is 14.3 Å². The molecule has 4 amide bonds. The molecule has 2 aromatic heterocycles. The van der Waals surface area contributed by atoms with E-state index in [0.29, 0.717) is 13.1 Å². The van der Waals surface area contributed by atoms with E-state index in [9.17, 15) is 27.6 Å². The predicted molar refractivity (Wildman–Crippen MR) is 165 cm³/mol. The van der Waals surface area contributed by atoms with Gasteiger partial charge in [-0.05, 0) is 56.7 Å². The lowest BCUT2D eigenvalue weighted by molar-refractivity contribution is -0.141. The number of rotatable bonds is 13. The SMILES string of the molecule is Cn1c(-c2cn(C3CC3)nc2C(F)(F)F)cnc1C(=O)Nc1ccc(C(=O)NCCCCCCNC(=O)NC2CC(N)C2)c(Cl)c1. The average molecular weight is 664 g/mol. The summed E-state index contributed by atoms with van der Waals surface area (Å²) in [5, 5.41) is 15.1. The molecular weight excluding hydrogens is 627 g/mol. The molecule has 12 nitrogen and oxygen atoms in total. The van der Waals surface area contributed by atoms with E-state index in [1.807, 2.05) is 0 Å². The number of hydrogen-bond donors (Lipinski definition) is 5. The molecule has 248 valence electrons. The highest BCUT2D eigenvalue weighted by molar-refractivity contribution is 6.34. The number of carbonyl (C=O) groups excluding carboxylic acids is 3. The second-order valence-corrected chi connectivity index (χ2v) is 12.2. The van der Waals surface area contributed by atoms with Gasteiger partial charge in [0.25, 0.3) is 11.8 Å². The summed E-state index contributed by atoms with van der Waals surface area (Å²) in [6.45, 7) is 1.02. The fourth-order valence-electron chi connectivity index (χ4n) is 5.27. The van der Waals surface area contributed by atoms with Gasteiger partial charge in [-0.25, -0.2) is 9.78 Å². The van der Waals surface area contributed by atoms with Gasteiger partial charge in [-0.1, -0.05) is 24.4 Å². The maximum absolute atomic E-state index is 13.7. The fourth-order valence-corrected chi connectivity index (χ4v) is 5.53. The lowest BCUT2D eigenvalue weighted by Gasteiger charge is -2.32. The third kappa shape index (κ3) is 8.18. The Balaban J connectivity index is 1.07. The molecule has 2 aliphatic carbocycles. The third-order valence-electron chi connectivity index (χ3n) is 8.04. The fraction of sp³-hybridized carbons (Fsp3) is 0.500. The first-order chi connectivity index (χ1) is 21.9. The smallest absolute Gasteiger partial charge is 0.352 e. The summed E-state index contributed by atoms with van der Waals surface area (Å²) in [5.41, 5.74) is 5.15. The second-order valence-electron chi connectivity index (χ2n) is 11.8. The molecule has 2 fully saturated rings. The Kier molecular flexibility index (Phi) is 10.2. The minimum Gasteiger partial charge on any atom is -0.352 e. The molecule has 46 heavy (non-hydrogen) atoms. The highest BCUT2D eigenvalue weighted by atomic mass is 35.5.